The predicted molar refractivity (Wildman–Crippen MR) is 156 cm³/mol. The van der Waals surface area contributed by atoms with Crippen molar-refractivity contribution < 1.29 is 23.1 Å². The molecule has 0 atom stereocenters. The summed E-state index contributed by atoms with van der Waals surface area (Å²) in [4.78, 5) is 15.7. The molecule has 5 aromatic rings. The lowest BCUT2D eigenvalue weighted by Gasteiger charge is -2.13. The number of unbranched alkanes of at least 4 members (excludes halogenated alkanes) is 1. The molecule has 1 aromatic heterocycles. The van der Waals surface area contributed by atoms with Crippen LogP contribution in [0.3, 0.4) is 0 Å². The number of ether oxygens (including phenoxy) is 1. The van der Waals surface area contributed by atoms with E-state index in [4.69, 9.17) is 26.4 Å². The summed E-state index contributed by atoms with van der Waals surface area (Å²) >= 11 is 5.89. The van der Waals surface area contributed by atoms with Gasteiger partial charge in [-0.05, 0) is 73.5 Å². The lowest BCUT2D eigenvalue weighted by Crippen LogP contribution is -2.12. The molecule has 0 unspecified atom stereocenters. The van der Waals surface area contributed by atoms with E-state index in [1.165, 1.54) is 24.3 Å². The number of benzene rings is 4. The first kappa shape index (κ1) is 27.2. The highest BCUT2D eigenvalue weighted by atomic mass is 35.5. The van der Waals surface area contributed by atoms with Gasteiger partial charge in [-0.25, -0.2) is 13.4 Å². The van der Waals surface area contributed by atoms with Gasteiger partial charge in [0.25, 0.3) is 10.0 Å². The van der Waals surface area contributed by atoms with Crippen LogP contribution in [0.4, 0.5) is 5.69 Å². The fourth-order valence-electron chi connectivity index (χ4n) is 4.26. The number of halogens is 1. The number of rotatable bonds is 11. The van der Waals surface area contributed by atoms with Gasteiger partial charge in [-0.2, -0.15) is 0 Å². The number of carbonyl (C=O) groups is 1. The Bertz CT molecular complexity index is 1740. The lowest BCUT2D eigenvalue weighted by atomic mass is 10.2. The van der Waals surface area contributed by atoms with Crippen molar-refractivity contribution in [2.24, 2.45) is 0 Å². The maximum Gasteiger partial charge on any atom is 0.303 e. The summed E-state index contributed by atoms with van der Waals surface area (Å²) in [6, 6.07) is 28.4. The predicted octanol–water partition coefficient (Wildman–Crippen LogP) is 6.78. The number of hydrogen-bond donors (Lipinski definition) is 2. The molecule has 204 valence electrons. The summed E-state index contributed by atoms with van der Waals surface area (Å²) < 4.78 is 36.2. The Balaban J connectivity index is 1.46. The van der Waals surface area contributed by atoms with E-state index in [0.717, 1.165) is 28.1 Å². The van der Waals surface area contributed by atoms with E-state index >= 15 is 0 Å². The molecule has 0 bridgehead atoms. The minimum Gasteiger partial charge on any atom is -0.494 e. The second-order valence-corrected chi connectivity index (χ2v) is 11.2. The zero-order chi connectivity index (χ0) is 28.1. The van der Waals surface area contributed by atoms with Gasteiger partial charge in [0.2, 0.25) is 0 Å². The number of carboxylic acids is 1. The van der Waals surface area contributed by atoms with Crippen molar-refractivity contribution in [3.63, 3.8) is 0 Å². The fourth-order valence-corrected chi connectivity index (χ4v) is 5.45. The minimum absolute atomic E-state index is 0.113. The molecular weight excluding hydrogens is 550 g/mol. The molecule has 0 spiro atoms. The lowest BCUT2D eigenvalue weighted by molar-refractivity contribution is -0.137. The average molecular weight is 576 g/mol. The van der Waals surface area contributed by atoms with Crippen molar-refractivity contribution in [3.05, 3.63) is 102 Å². The normalized spacial score (nSPS) is 11.4. The van der Waals surface area contributed by atoms with Crippen LogP contribution < -0.4 is 9.46 Å². The Morgan fingerprint density at radius 3 is 2.35 bits per heavy atom. The summed E-state index contributed by atoms with van der Waals surface area (Å²) in [5.74, 6) is 0.558. The minimum atomic E-state index is -3.78. The van der Waals surface area contributed by atoms with Crippen LogP contribution in [-0.2, 0) is 14.8 Å². The van der Waals surface area contributed by atoms with Crippen LogP contribution >= 0.6 is 11.6 Å². The van der Waals surface area contributed by atoms with E-state index < -0.39 is 16.0 Å². The fraction of sp³-hybridized carbons (Fsp3) is 0.133. The highest BCUT2D eigenvalue weighted by Crippen LogP contribution is 2.31. The van der Waals surface area contributed by atoms with E-state index in [9.17, 15) is 13.2 Å². The van der Waals surface area contributed by atoms with E-state index in [-0.39, 0.29) is 11.3 Å². The van der Waals surface area contributed by atoms with Gasteiger partial charge >= 0.3 is 5.97 Å². The zero-order valence-electron chi connectivity index (χ0n) is 21.3. The van der Waals surface area contributed by atoms with Gasteiger partial charge in [0.1, 0.15) is 11.6 Å². The van der Waals surface area contributed by atoms with Crippen molar-refractivity contribution >= 4 is 44.3 Å². The summed E-state index contributed by atoms with van der Waals surface area (Å²) in [5.41, 5.74) is 3.70. The molecule has 0 saturated heterocycles. The number of aliphatic carboxylic acids is 1. The van der Waals surface area contributed by atoms with Crippen LogP contribution in [0.2, 0.25) is 5.02 Å². The third-order valence-corrected chi connectivity index (χ3v) is 7.86. The molecule has 1 heterocycles. The number of aromatic nitrogens is 2. The Morgan fingerprint density at radius 2 is 1.65 bits per heavy atom. The van der Waals surface area contributed by atoms with Crippen LogP contribution in [0.1, 0.15) is 19.3 Å². The Kier molecular flexibility index (Phi) is 8.04. The molecule has 10 heteroatoms. The molecule has 0 aliphatic rings. The topological polar surface area (TPSA) is 111 Å². The van der Waals surface area contributed by atoms with Crippen LogP contribution in [0.25, 0.3) is 28.1 Å². The largest absolute Gasteiger partial charge is 0.494 e. The number of sulfonamides is 1. The van der Waals surface area contributed by atoms with Gasteiger partial charge in [0.15, 0.2) is 0 Å². The Morgan fingerprint density at radius 1 is 0.925 bits per heavy atom. The summed E-state index contributed by atoms with van der Waals surface area (Å²) in [5, 5.41) is 9.28. The van der Waals surface area contributed by atoms with Gasteiger partial charge in [-0.3, -0.25) is 14.1 Å². The quantitative estimate of drug-likeness (QED) is 0.168. The average Bonchev–Trinajstić information content (AvgIpc) is 3.32. The molecule has 4 aromatic carbocycles. The third-order valence-electron chi connectivity index (χ3n) is 6.21. The van der Waals surface area contributed by atoms with E-state index in [2.05, 4.69) is 4.72 Å². The van der Waals surface area contributed by atoms with Crippen molar-refractivity contribution in [2.75, 3.05) is 11.3 Å². The molecule has 0 aliphatic carbocycles. The first-order chi connectivity index (χ1) is 19.3. The molecule has 0 radical (unpaired) electrons. The second kappa shape index (κ2) is 11.8. The van der Waals surface area contributed by atoms with E-state index in [1.807, 2.05) is 65.2 Å². The van der Waals surface area contributed by atoms with Gasteiger partial charge in [0.05, 0.1) is 22.5 Å². The van der Waals surface area contributed by atoms with E-state index in [0.29, 0.717) is 35.9 Å². The zero-order valence-corrected chi connectivity index (χ0v) is 22.9. The molecule has 0 aliphatic heterocycles. The highest BCUT2D eigenvalue weighted by molar-refractivity contribution is 7.92. The van der Waals surface area contributed by atoms with Crippen molar-refractivity contribution in [1.29, 1.82) is 0 Å². The molecule has 0 saturated carbocycles. The molecule has 40 heavy (non-hydrogen) atoms. The molecule has 8 nitrogen and oxygen atoms in total. The van der Waals surface area contributed by atoms with Crippen molar-refractivity contribution in [1.82, 2.24) is 9.55 Å². The number of hydrogen-bond acceptors (Lipinski definition) is 5. The number of nitrogens with one attached hydrogen (secondary N) is 1. The number of anilines is 1. The van der Waals surface area contributed by atoms with Crippen LogP contribution in [0, 0.1) is 0 Å². The summed E-state index contributed by atoms with van der Waals surface area (Å²) in [6.45, 7) is 0.404. The van der Waals surface area contributed by atoms with Crippen molar-refractivity contribution in [3.8, 4) is 22.8 Å². The monoisotopic (exact) mass is 575 g/mol. The number of carboxylic acid groups (broad SMARTS) is 1. The standard InChI is InChI=1S/C30H26ClN3O5S/c31-22-9-16-26(17-10-22)40(37,38)33-23-11-13-24(14-12-23)34-28-20-25(39-19-5-4-8-29(35)36)15-18-27(28)32-30(34)21-6-2-1-3-7-21/h1-3,6-7,9-18,20,33H,4-5,8,19H2,(H,35,36). The highest BCUT2D eigenvalue weighted by Gasteiger charge is 2.17. The first-order valence-electron chi connectivity index (χ1n) is 12.6. The van der Waals surface area contributed by atoms with Gasteiger partial charge < -0.3 is 9.84 Å². The van der Waals surface area contributed by atoms with Crippen LogP contribution in [0.15, 0.2) is 102 Å². The Hall–Kier alpha value is -4.34. The van der Waals surface area contributed by atoms with Gasteiger partial charge in [-0.15, -0.1) is 0 Å². The summed E-state index contributed by atoms with van der Waals surface area (Å²) in [6.07, 6.45) is 1.29. The van der Waals surface area contributed by atoms with Gasteiger partial charge in [0, 0.05) is 34.4 Å². The number of fused-ring (bicyclic) bond motifs is 1. The number of nitrogens with zero attached hydrogens (tertiary/aromatic N) is 2. The van der Waals surface area contributed by atoms with E-state index in [1.54, 1.807) is 12.1 Å². The molecule has 2 N–H and O–H groups in total. The van der Waals surface area contributed by atoms with Crippen molar-refractivity contribution in [2.45, 2.75) is 24.2 Å². The molecular formula is C30H26ClN3O5S. The SMILES string of the molecule is O=C(O)CCCCOc1ccc2nc(-c3ccccc3)n(-c3ccc(NS(=O)(=O)c4ccc(Cl)cc4)cc3)c2c1. The molecule has 0 fully saturated rings. The number of imidazole rings is 1. The molecule has 5 rings (SSSR count). The molecule has 0 amide bonds. The second-order valence-electron chi connectivity index (χ2n) is 9.09. The van der Waals surface area contributed by atoms with Gasteiger partial charge in [-0.1, -0.05) is 41.9 Å². The van der Waals surface area contributed by atoms with Crippen LogP contribution in [-0.4, -0.2) is 35.7 Å². The smallest absolute Gasteiger partial charge is 0.303 e. The maximum atomic E-state index is 12.8. The Labute approximate surface area is 236 Å². The first-order valence-corrected chi connectivity index (χ1v) is 14.5. The summed E-state index contributed by atoms with van der Waals surface area (Å²) in [7, 11) is -3.78. The maximum absolute atomic E-state index is 12.8. The van der Waals surface area contributed by atoms with Crippen LogP contribution in [0.5, 0.6) is 5.75 Å². The third kappa shape index (κ3) is 6.27.